The van der Waals surface area contributed by atoms with E-state index in [2.05, 4.69) is 0 Å². The van der Waals surface area contributed by atoms with Crippen LogP contribution in [-0.2, 0) is 9.47 Å². The minimum Gasteiger partial charge on any atom is -0.394 e. The van der Waals surface area contributed by atoms with Gasteiger partial charge in [-0.3, -0.25) is 0 Å². The second kappa shape index (κ2) is 7.23. The van der Waals surface area contributed by atoms with Gasteiger partial charge in [-0.2, -0.15) is 0 Å². The summed E-state index contributed by atoms with van der Waals surface area (Å²) in [5.74, 6) is 0. The Morgan fingerprint density at radius 3 is 2.31 bits per heavy atom. The average molecular weight is 194 g/mol. The molecule has 0 heterocycles. The van der Waals surface area contributed by atoms with Crippen LogP contribution in [0.1, 0.15) is 13.3 Å². The Morgan fingerprint density at radius 1 is 1.31 bits per heavy atom. The van der Waals surface area contributed by atoms with Crippen LogP contribution in [0.3, 0.4) is 0 Å². The fourth-order valence-corrected chi connectivity index (χ4v) is 0.898. The molecule has 5 heteroatoms. The van der Waals surface area contributed by atoms with Gasteiger partial charge >= 0.3 is 0 Å². The summed E-state index contributed by atoms with van der Waals surface area (Å²) < 4.78 is 9.74. The molecule has 0 aliphatic rings. The van der Waals surface area contributed by atoms with Crippen molar-refractivity contribution in [2.75, 3.05) is 20.3 Å². The normalized spacial score (nSPS) is 18.2. The molecule has 0 spiro atoms. The smallest absolute Gasteiger partial charge is 0.185 e. The fourth-order valence-electron chi connectivity index (χ4n) is 0.898. The summed E-state index contributed by atoms with van der Waals surface area (Å²) in [7, 11) is 1.37. The molecule has 5 nitrogen and oxygen atoms in total. The Kier molecular flexibility index (Phi) is 7.12. The molecule has 13 heavy (non-hydrogen) atoms. The summed E-state index contributed by atoms with van der Waals surface area (Å²) in [6.07, 6.45) is -2.42. The third-order valence-electron chi connectivity index (χ3n) is 1.70. The summed E-state index contributed by atoms with van der Waals surface area (Å²) >= 11 is 0. The molecule has 0 amide bonds. The van der Waals surface area contributed by atoms with Crippen LogP contribution in [0.5, 0.6) is 0 Å². The Balaban J connectivity index is 3.90. The topological polar surface area (TPSA) is 79.2 Å². The largest absolute Gasteiger partial charge is 0.394 e. The van der Waals surface area contributed by atoms with Crippen molar-refractivity contribution in [3.05, 3.63) is 0 Å². The van der Waals surface area contributed by atoms with E-state index >= 15 is 0 Å². The highest BCUT2D eigenvalue weighted by molar-refractivity contribution is 4.68. The van der Waals surface area contributed by atoms with E-state index in [4.69, 9.17) is 14.6 Å². The van der Waals surface area contributed by atoms with E-state index in [0.717, 1.165) is 0 Å². The van der Waals surface area contributed by atoms with Crippen LogP contribution in [0.4, 0.5) is 0 Å². The van der Waals surface area contributed by atoms with Gasteiger partial charge < -0.3 is 24.8 Å². The van der Waals surface area contributed by atoms with Crippen molar-refractivity contribution >= 4 is 0 Å². The van der Waals surface area contributed by atoms with Gasteiger partial charge in [0.25, 0.3) is 0 Å². The molecule has 80 valence electrons. The van der Waals surface area contributed by atoms with E-state index < -0.39 is 18.5 Å². The number of methoxy groups -OCH3 is 1. The first-order valence-electron chi connectivity index (χ1n) is 4.28. The molecule has 0 aromatic heterocycles. The lowest BCUT2D eigenvalue weighted by atomic mass is 10.1. The number of rotatable bonds is 7. The lowest BCUT2D eigenvalue weighted by molar-refractivity contribution is -0.206. The quantitative estimate of drug-likeness (QED) is 0.458. The second-order valence-electron chi connectivity index (χ2n) is 2.66. The zero-order chi connectivity index (χ0) is 10.3. The van der Waals surface area contributed by atoms with Crippen molar-refractivity contribution < 1.29 is 24.8 Å². The van der Waals surface area contributed by atoms with E-state index in [-0.39, 0.29) is 13.2 Å². The summed E-state index contributed by atoms with van der Waals surface area (Å²) in [6.45, 7) is 1.67. The van der Waals surface area contributed by atoms with Gasteiger partial charge in [0.2, 0.25) is 0 Å². The minimum absolute atomic E-state index is 0.0754. The fraction of sp³-hybridized carbons (Fsp3) is 1.00. The molecule has 0 bridgehead atoms. The maximum Gasteiger partial charge on any atom is 0.185 e. The molecule has 0 aliphatic carbocycles. The van der Waals surface area contributed by atoms with Gasteiger partial charge in [-0.25, -0.2) is 0 Å². The summed E-state index contributed by atoms with van der Waals surface area (Å²) in [6, 6.07) is 0. The maximum absolute atomic E-state index is 9.42. The zero-order valence-electron chi connectivity index (χ0n) is 8.01. The number of hydrogen-bond donors (Lipinski definition) is 3. The highest BCUT2D eigenvalue weighted by atomic mass is 16.7. The van der Waals surface area contributed by atoms with Crippen molar-refractivity contribution in [1.29, 1.82) is 0 Å². The molecule has 0 radical (unpaired) electrons. The van der Waals surface area contributed by atoms with Crippen LogP contribution >= 0.6 is 0 Å². The summed E-state index contributed by atoms with van der Waals surface area (Å²) in [4.78, 5) is 0. The SMILES string of the molecule is CCC(O)C(O)C(OC)OCCO. The molecule has 0 aliphatic heterocycles. The maximum atomic E-state index is 9.42. The number of hydrogen-bond acceptors (Lipinski definition) is 5. The van der Waals surface area contributed by atoms with Gasteiger partial charge in [0.15, 0.2) is 6.29 Å². The molecule has 3 N–H and O–H groups in total. The highest BCUT2D eigenvalue weighted by Gasteiger charge is 2.25. The molecular formula is C8H18O5. The average Bonchev–Trinajstić information content (AvgIpc) is 2.17. The van der Waals surface area contributed by atoms with Gasteiger partial charge in [-0.15, -0.1) is 0 Å². The molecule has 0 fully saturated rings. The Bertz CT molecular complexity index is 119. The summed E-state index contributed by atoms with van der Waals surface area (Å²) in [5, 5.41) is 27.1. The first kappa shape index (κ1) is 12.8. The number of ether oxygens (including phenoxy) is 2. The van der Waals surface area contributed by atoms with Crippen LogP contribution in [0.25, 0.3) is 0 Å². The van der Waals surface area contributed by atoms with Gasteiger partial charge in [-0.05, 0) is 6.42 Å². The third kappa shape index (κ3) is 4.54. The number of aliphatic hydroxyl groups is 3. The van der Waals surface area contributed by atoms with Crippen molar-refractivity contribution in [1.82, 2.24) is 0 Å². The van der Waals surface area contributed by atoms with E-state index in [1.807, 2.05) is 0 Å². The van der Waals surface area contributed by atoms with Gasteiger partial charge in [0, 0.05) is 7.11 Å². The Hall–Kier alpha value is -0.200. The van der Waals surface area contributed by atoms with Crippen LogP contribution in [0.2, 0.25) is 0 Å². The van der Waals surface area contributed by atoms with Gasteiger partial charge in [0.1, 0.15) is 6.10 Å². The van der Waals surface area contributed by atoms with Crippen LogP contribution in [0, 0.1) is 0 Å². The standard InChI is InChI=1S/C8H18O5/c1-3-6(10)7(11)8(12-2)13-5-4-9/h6-11H,3-5H2,1-2H3. The van der Waals surface area contributed by atoms with Crippen molar-refractivity contribution in [3.8, 4) is 0 Å². The van der Waals surface area contributed by atoms with Crippen molar-refractivity contribution in [3.63, 3.8) is 0 Å². The van der Waals surface area contributed by atoms with Crippen molar-refractivity contribution in [2.24, 2.45) is 0 Å². The van der Waals surface area contributed by atoms with Gasteiger partial charge in [0.05, 0.1) is 19.3 Å². The van der Waals surface area contributed by atoms with Crippen LogP contribution in [-0.4, -0.2) is 54.1 Å². The number of aliphatic hydroxyl groups excluding tert-OH is 3. The molecule has 3 atom stereocenters. The molecule has 0 saturated heterocycles. The highest BCUT2D eigenvalue weighted by Crippen LogP contribution is 2.07. The van der Waals surface area contributed by atoms with E-state index in [1.165, 1.54) is 7.11 Å². The summed E-state index contributed by atoms with van der Waals surface area (Å²) in [5.41, 5.74) is 0. The van der Waals surface area contributed by atoms with Crippen molar-refractivity contribution in [2.45, 2.75) is 31.8 Å². The predicted octanol–water partition coefficient (Wildman–Crippen LogP) is -0.900. The Labute approximate surface area is 77.9 Å². The van der Waals surface area contributed by atoms with E-state index in [0.29, 0.717) is 6.42 Å². The predicted molar refractivity (Wildman–Crippen MR) is 46.1 cm³/mol. The molecule has 0 saturated carbocycles. The molecule has 0 aromatic rings. The first-order chi connectivity index (χ1) is 6.17. The van der Waals surface area contributed by atoms with Crippen LogP contribution in [0.15, 0.2) is 0 Å². The molecule has 0 rings (SSSR count). The lowest BCUT2D eigenvalue weighted by Gasteiger charge is -2.24. The first-order valence-corrected chi connectivity index (χ1v) is 4.28. The monoisotopic (exact) mass is 194 g/mol. The van der Waals surface area contributed by atoms with E-state index in [9.17, 15) is 10.2 Å². The minimum atomic E-state index is -1.08. The zero-order valence-corrected chi connectivity index (χ0v) is 8.01. The molecule has 3 unspecified atom stereocenters. The van der Waals surface area contributed by atoms with E-state index in [1.54, 1.807) is 6.92 Å². The molecular weight excluding hydrogens is 176 g/mol. The molecule has 0 aromatic carbocycles. The van der Waals surface area contributed by atoms with Crippen LogP contribution < -0.4 is 0 Å². The third-order valence-corrected chi connectivity index (χ3v) is 1.70. The second-order valence-corrected chi connectivity index (χ2v) is 2.66. The van der Waals surface area contributed by atoms with Gasteiger partial charge in [-0.1, -0.05) is 6.92 Å². The Morgan fingerprint density at radius 2 is 1.92 bits per heavy atom. The lowest BCUT2D eigenvalue weighted by Crippen LogP contribution is -2.40.